The van der Waals surface area contributed by atoms with Crippen LogP contribution in [0, 0.1) is 0 Å². The lowest BCUT2D eigenvalue weighted by Gasteiger charge is -2.01. The average Bonchev–Trinajstić information content (AvgIpc) is 2.75. The largest absolute Gasteiger partial charge is 0.354 e. The summed E-state index contributed by atoms with van der Waals surface area (Å²) in [5, 5.41) is 10.6. The van der Waals surface area contributed by atoms with Crippen LogP contribution in [-0.2, 0) is 6.54 Å². The molecule has 0 radical (unpaired) electrons. The zero-order valence-electron chi connectivity index (χ0n) is 7.01. The lowest BCUT2D eigenvalue weighted by atomic mass is 10.6. The molecule has 0 aromatic carbocycles. The number of H-pyrrole nitrogens is 1. The Hall–Kier alpha value is -1.85. The van der Waals surface area contributed by atoms with Gasteiger partial charge in [0.1, 0.15) is 0 Å². The average molecular weight is 178 g/mol. The van der Waals surface area contributed by atoms with Crippen molar-refractivity contribution in [3.63, 3.8) is 0 Å². The van der Waals surface area contributed by atoms with E-state index in [0.717, 1.165) is 19.0 Å². The third-order valence-electron chi connectivity index (χ3n) is 1.60. The number of nitrogens with one attached hydrogen (secondary N) is 2. The van der Waals surface area contributed by atoms with E-state index in [1.807, 2.05) is 6.20 Å². The first-order chi connectivity index (χ1) is 6.45. The Morgan fingerprint density at radius 2 is 2.46 bits per heavy atom. The third kappa shape index (κ3) is 2.05. The van der Waals surface area contributed by atoms with Gasteiger partial charge in [-0.15, -0.1) is 5.10 Å². The molecule has 13 heavy (non-hydrogen) atoms. The summed E-state index contributed by atoms with van der Waals surface area (Å²) in [5.41, 5.74) is 0. The summed E-state index contributed by atoms with van der Waals surface area (Å²) in [6.45, 7) is 1.55. The molecule has 2 N–H and O–H groups in total. The first-order valence-corrected chi connectivity index (χ1v) is 4.02. The van der Waals surface area contributed by atoms with Crippen LogP contribution in [0.15, 0.2) is 24.8 Å². The molecule has 0 spiro atoms. The first kappa shape index (κ1) is 7.78. The SMILES string of the molecule is c1cn(CCNc2ncc[nH]2)nn1. The summed E-state index contributed by atoms with van der Waals surface area (Å²) >= 11 is 0. The summed E-state index contributed by atoms with van der Waals surface area (Å²) in [5.74, 6) is 0.778. The van der Waals surface area contributed by atoms with Crippen LogP contribution >= 0.6 is 0 Å². The van der Waals surface area contributed by atoms with Gasteiger partial charge < -0.3 is 10.3 Å². The van der Waals surface area contributed by atoms with Crippen LogP contribution in [-0.4, -0.2) is 31.5 Å². The van der Waals surface area contributed by atoms with Gasteiger partial charge in [-0.3, -0.25) is 4.68 Å². The van der Waals surface area contributed by atoms with E-state index < -0.39 is 0 Å². The Labute approximate surface area is 75.0 Å². The molecule has 0 amide bonds. The van der Waals surface area contributed by atoms with Crippen molar-refractivity contribution < 1.29 is 0 Å². The van der Waals surface area contributed by atoms with Gasteiger partial charge >= 0.3 is 0 Å². The van der Waals surface area contributed by atoms with Gasteiger partial charge in [0, 0.05) is 25.1 Å². The molecule has 68 valence electrons. The number of rotatable bonds is 4. The zero-order chi connectivity index (χ0) is 8.93. The van der Waals surface area contributed by atoms with Crippen molar-refractivity contribution in [1.82, 2.24) is 25.0 Å². The predicted molar refractivity (Wildman–Crippen MR) is 47.1 cm³/mol. The molecule has 2 aromatic rings. The first-order valence-electron chi connectivity index (χ1n) is 4.02. The molecule has 0 saturated carbocycles. The van der Waals surface area contributed by atoms with E-state index in [0.29, 0.717) is 0 Å². The Morgan fingerprint density at radius 3 is 3.15 bits per heavy atom. The second-order valence-corrected chi connectivity index (χ2v) is 2.53. The second kappa shape index (κ2) is 3.70. The number of aromatic nitrogens is 5. The number of anilines is 1. The van der Waals surface area contributed by atoms with Crippen LogP contribution in [0.25, 0.3) is 0 Å². The van der Waals surface area contributed by atoms with E-state index in [9.17, 15) is 0 Å². The van der Waals surface area contributed by atoms with Gasteiger partial charge in [-0.1, -0.05) is 5.21 Å². The Kier molecular flexibility index (Phi) is 2.22. The normalized spacial score (nSPS) is 10.2. The minimum Gasteiger partial charge on any atom is -0.354 e. The third-order valence-corrected chi connectivity index (χ3v) is 1.60. The number of nitrogens with zero attached hydrogens (tertiary/aromatic N) is 4. The fourth-order valence-electron chi connectivity index (χ4n) is 1.00. The summed E-state index contributed by atoms with van der Waals surface area (Å²) in [4.78, 5) is 6.97. The van der Waals surface area contributed by atoms with Crippen molar-refractivity contribution in [2.75, 3.05) is 11.9 Å². The van der Waals surface area contributed by atoms with Crippen LogP contribution in [0.3, 0.4) is 0 Å². The van der Waals surface area contributed by atoms with Crippen LogP contribution in [0.4, 0.5) is 5.95 Å². The second-order valence-electron chi connectivity index (χ2n) is 2.53. The number of imidazole rings is 1. The summed E-state index contributed by atoms with van der Waals surface area (Å²) in [7, 11) is 0. The van der Waals surface area contributed by atoms with Gasteiger partial charge in [0.15, 0.2) is 5.95 Å². The Bertz CT molecular complexity index is 290. The highest BCUT2D eigenvalue weighted by molar-refractivity contribution is 5.21. The number of aromatic amines is 1. The van der Waals surface area contributed by atoms with Crippen molar-refractivity contribution in [3.8, 4) is 0 Å². The standard InChI is InChI=1S/C7H10N6/c1-2-9-7(8-1)10-3-5-13-6-4-11-12-13/h1-2,4,6H,3,5H2,(H2,8,9,10). The van der Waals surface area contributed by atoms with Gasteiger partial charge in [-0.05, 0) is 0 Å². The van der Waals surface area contributed by atoms with Crippen molar-refractivity contribution in [2.45, 2.75) is 6.54 Å². The van der Waals surface area contributed by atoms with Crippen molar-refractivity contribution in [1.29, 1.82) is 0 Å². The highest BCUT2D eigenvalue weighted by atomic mass is 15.4. The van der Waals surface area contributed by atoms with E-state index in [-0.39, 0.29) is 0 Å². The minimum atomic E-state index is 0.775. The summed E-state index contributed by atoms with van der Waals surface area (Å²) in [6, 6.07) is 0. The molecule has 0 aliphatic carbocycles. The summed E-state index contributed by atoms with van der Waals surface area (Å²) in [6.07, 6.45) is 6.96. The monoisotopic (exact) mass is 178 g/mol. The van der Waals surface area contributed by atoms with Crippen LogP contribution in [0.5, 0.6) is 0 Å². The van der Waals surface area contributed by atoms with Crippen LogP contribution in [0.2, 0.25) is 0 Å². The molecule has 0 unspecified atom stereocenters. The molecule has 2 rings (SSSR count). The van der Waals surface area contributed by atoms with Crippen molar-refractivity contribution >= 4 is 5.95 Å². The smallest absolute Gasteiger partial charge is 0.200 e. The van der Waals surface area contributed by atoms with Crippen molar-refractivity contribution in [3.05, 3.63) is 24.8 Å². The van der Waals surface area contributed by atoms with Gasteiger partial charge in [0.05, 0.1) is 12.7 Å². The fraction of sp³-hybridized carbons (Fsp3) is 0.286. The molecular formula is C7H10N6. The van der Waals surface area contributed by atoms with E-state index in [2.05, 4.69) is 25.6 Å². The van der Waals surface area contributed by atoms with Crippen molar-refractivity contribution in [2.24, 2.45) is 0 Å². The molecule has 6 heteroatoms. The Balaban J connectivity index is 1.76. The number of hydrogen-bond acceptors (Lipinski definition) is 4. The summed E-state index contributed by atoms with van der Waals surface area (Å²) < 4.78 is 1.76. The quantitative estimate of drug-likeness (QED) is 0.697. The maximum Gasteiger partial charge on any atom is 0.200 e. The highest BCUT2D eigenvalue weighted by Gasteiger charge is 1.93. The van der Waals surface area contributed by atoms with E-state index in [1.165, 1.54) is 0 Å². The molecule has 0 aliphatic rings. The molecular weight excluding hydrogens is 168 g/mol. The zero-order valence-corrected chi connectivity index (χ0v) is 7.01. The fourth-order valence-corrected chi connectivity index (χ4v) is 1.00. The topological polar surface area (TPSA) is 71.4 Å². The molecule has 2 heterocycles. The minimum absolute atomic E-state index is 0.775. The Morgan fingerprint density at radius 1 is 1.46 bits per heavy atom. The van der Waals surface area contributed by atoms with Crippen LogP contribution < -0.4 is 5.32 Å². The lowest BCUT2D eigenvalue weighted by Crippen LogP contribution is -2.11. The predicted octanol–water partition coefficient (Wildman–Crippen LogP) is 0.113. The number of hydrogen-bond donors (Lipinski definition) is 2. The molecule has 0 saturated heterocycles. The van der Waals surface area contributed by atoms with E-state index in [4.69, 9.17) is 0 Å². The highest BCUT2D eigenvalue weighted by Crippen LogP contribution is 1.93. The molecule has 0 bridgehead atoms. The van der Waals surface area contributed by atoms with Gasteiger partial charge in [-0.2, -0.15) is 0 Å². The van der Waals surface area contributed by atoms with Crippen LogP contribution in [0.1, 0.15) is 0 Å². The maximum atomic E-state index is 4.02. The van der Waals surface area contributed by atoms with E-state index >= 15 is 0 Å². The van der Waals surface area contributed by atoms with Gasteiger partial charge in [-0.25, -0.2) is 4.98 Å². The molecule has 2 aromatic heterocycles. The molecule has 0 atom stereocenters. The molecule has 0 fully saturated rings. The van der Waals surface area contributed by atoms with Gasteiger partial charge in [0.2, 0.25) is 0 Å². The maximum absolute atomic E-state index is 4.02. The van der Waals surface area contributed by atoms with Gasteiger partial charge in [0.25, 0.3) is 0 Å². The molecule has 0 aliphatic heterocycles. The molecule has 6 nitrogen and oxygen atoms in total. The lowest BCUT2D eigenvalue weighted by molar-refractivity contribution is 0.608. The van der Waals surface area contributed by atoms with E-state index in [1.54, 1.807) is 23.3 Å².